The van der Waals surface area contributed by atoms with Gasteiger partial charge >= 0.3 is 11.9 Å². The lowest BCUT2D eigenvalue weighted by atomic mass is 10.1. The molecular weight excluding hydrogens is 320 g/mol. The van der Waals surface area contributed by atoms with E-state index in [1.165, 1.54) is 11.8 Å². The fourth-order valence-corrected chi connectivity index (χ4v) is 2.30. The second-order valence-electron chi connectivity index (χ2n) is 4.70. The van der Waals surface area contributed by atoms with Crippen LogP contribution in [0.2, 0.25) is 0 Å². The number of likely N-dealkylation sites (tertiary alicyclic amines) is 1. The van der Waals surface area contributed by atoms with Gasteiger partial charge in [-0.1, -0.05) is 6.92 Å². The zero-order valence-electron chi connectivity index (χ0n) is 11.7. The van der Waals surface area contributed by atoms with E-state index >= 15 is 0 Å². The molecule has 0 radical (unpaired) electrons. The molecule has 1 aliphatic rings. The molecule has 0 aliphatic carbocycles. The largest absolute Gasteiger partial charge is 0.480 e. The van der Waals surface area contributed by atoms with Crippen molar-refractivity contribution in [1.82, 2.24) is 4.90 Å². The van der Waals surface area contributed by atoms with Gasteiger partial charge in [0.2, 0.25) is 12.7 Å². The summed E-state index contributed by atoms with van der Waals surface area (Å²) in [7, 11) is 0. The Hall–Kier alpha value is -2.04. The highest BCUT2D eigenvalue weighted by molar-refractivity contribution is 7.81. The number of aliphatic carboxylic acids is 1. The molecule has 1 N–H and O–H groups in total. The van der Waals surface area contributed by atoms with Gasteiger partial charge in [-0.3, -0.25) is 14.4 Å². The highest BCUT2D eigenvalue weighted by Gasteiger charge is 2.39. The van der Waals surface area contributed by atoms with Crippen LogP contribution in [0.4, 0.5) is 0 Å². The molecular formula is C11H16N2O8S. The molecule has 22 heavy (non-hydrogen) atoms. The molecule has 10 nitrogen and oxygen atoms in total. The molecule has 1 aliphatic heterocycles. The molecule has 1 fully saturated rings. The Morgan fingerprint density at radius 2 is 2.14 bits per heavy atom. The van der Waals surface area contributed by atoms with Crippen LogP contribution >= 0.6 is 12.6 Å². The van der Waals surface area contributed by atoms with Crippen LogP contribution in [-0.4, -0.2) is 57.6 Å². The summed E-state index contributed by atoms with van der Waals surface area (Å²) in [6.07, 6.45) is 0.917. The van der Waals surface area contributed by atoms with Crippen molar-refractivity contribution < 1.29 is 34.2 Å². The molecule has 0 saturated carbocycles. The van der Waals surface area contributed by atoms with Crippen LogP contribution in [0.3, 0.4) is 0 Å². The standard InChI is InChI=1S/C11H16N2O8S/c1-6(8(22)11(17)20-5-21-13(18)19)9(14)12-4-2-3-7(12)10(15)16/h6-8,22H,2-5H2,1H3,(H,15,16)/t6-,7+,8?/m1/s1. The molecule has 1 unspecified atom stereocenters. The van der Waals surface area contributed by atoms with Crippen LogP contribution in [0, 0.1) is 16.0 Å². The first-order valence-corrected chi connectivity index (χ1v) is 6.92. The van der Waals surface area contributed by atoms with Gasteiger partial charge in [0.1, 0.15) is 11.3 Å². The smallest absolute Gasteiger partial charge is 0.326 e. The van der Waals surface area contributed by atoms with E-state index in [-0.39, 0.29) is 0 Å². The minimum absolute atomic E-state index is 0.292. The van der Waals surface area contributed by atoms with Gasteiger partial charge in [0.05, 0.1) is 5.92 Å². The van der Waals surface area contributed by atoms with Crippen LogP contribution in [0.1, 0.15) is 19.8 Å². The quantitative estimate of drug-likeness (QED) is 0.213. The predicted octanol–water partition coefficient (Wildman–Crippen LogP) is -0.295. The maximum Gasteiger partial charge on any atom is 0.326 e. The number of esters is 1. The Bertz CT molecular complexity index is 471. The molecule has 0 spiro atoms. The Balaban J connectivity index is 2.59. The van der Waals surface area contributed by atoms with Gasteiger partial charge in [-0.05, 0) is 12.8 Å². The summed E-state index contributed by atoms with van der Waals surface area (Å²) in [5.74, 6) is -3.53. The summed E-state index contributed by atoms with van der Waals surface area (Å²) in [5, 5.41) is 16.7. The molecule has 0 aromatic heterocycles. The van der Waals surface area contributed by atoms with Crippen LogP contribution in [0.25, 0.3) is 0 Å². The number of carbonyl (C=O) groups excluding carboxylic acids is 2. The Morgan fingerprint density at radius 1 is 1.50 bits per heavy atom. The van der Waals surface area contributed by atoms with Crippen LogP contribution < -0.4 is 0 Å². The average Bonchev–Trinajstić information content (AvgIpc) is 2.93. The predicted molar refractivity (Wildman–Crippen MR) is 73.3 cm³/mol. The summed E-state index contributed by atoms with van der Waals surface area (Å²) < 4.78 is 4.46. The fraction of sp³-hybridized carbons (Fsp3) is 0.727. The van der Waals surface area contributed by atoms with E-state index in [9.17, 15) is 24.5 Å². The average molecular weight is 336 g/mol. The number of ether oxygens (including phenoxy) is 1. The number of carbonyl (C=O) groups is 3. The van der Waals surface area contributed by atoms with Gasteiger partial charge in [-0.15, -0.1) is 10.1 Å². The van der Waals surface area contributed by atoms with Crippen molar-refractivity contribution >= 4 is 30.5 Å². The topological polar surface area (TPSA) is 136 Å². The van der Waals surface area contributed by atoms with Crippen molar-refractivity contribution in [3.63, 3.8) is 0 Å². The van der Waals surface area contributed by atoms with Crippen molar-refractivity contribution in [2.24, 2.45) is 5.92 Å². The molecule has 1 heterocycles. The number of amides is 1. The Kier molecular flexibility index (Phi) is 6.40. The van der Waals surface area contributed by atoms with E-state index < -0.39 is 46.9 Å². The normalized spacial score (nSPS) is 20.1. The highest BCUT2D eigenvalue weighted by atomic mass is 32.1. The maximum absolute atomic E-state index is 12.3. The molecule has 0 bridgehead atoms. The minimum atomic E-state index is -1.18. The number of carboxylic acid groups (broad SMARTS) is 1. The second kappa shape index (κ2) is 7.82. The summed E-state index contributed by atoms with van der Waals surface area (Å²) >= 11 is 3.96. The van der Waals surface area contributed by atoms with E-state index in [0.717, 1.165) is 0 Å². The third kappa shape index (κ3) is 4.48. The van der Waals surface area contributed by atoms with Crippen molar-refractivity contribution in [3.05, 3.63) is 10.1 Å². The van der Waals surface area contributed by atoms with Gasteiger partial charge in [0.25, 0.3) is 5.09 Å². The zero-order valence-corrected chi connectivity index (χ0v) is 12.6. The Labute approximate surface area is 130 Å². The third-order valence-electron chi connectivity index (χ3n) is 3.28. The van der Waals surface area contributed by atoms with Gasteiger partial charge in [-0.25, -0.2) is 4.79 Å². The molecule has 11 heteroatoms. The van der Waals surface area contributed by atoms with E-state index in [4.69, 9.17) is 5.11 Å². The number of hydrogen-bond donors (Lipinski definition) is 2. The Morgan fingerprint density at radius 3 is 2.68 bits per heavy atom. The number of thiol groups is 1. The van der Waals surface area contributed by atoms with Crippen LogP contribution in [0.15, 0.2) is 0 Å². The monoisotopic (exact) mass is 336 g/mol. The molecule has 0 aromatic carbocycles. The number of carboxylic acids is 1. The SMILES string of the molecule is C[C@@H](C(=O)N1CCC[C@H]1C(=O)O)C(S)C(=O)OCO[N+](=O)[O-]. The summed E-state index contributed by atoms with van der Waals surface area (Å²) in [4.78, 5) is 49.9. The lowest BCUT2D eigenvalue weighted by Crippen LogP contribution is -2.46. The second-order valence-corrected chi connectivity index (χ2v) is 5.25. The number of hydrogen-bond acceptors (Lipinski definition) is 8. The van der Waals surface area contributed by atoms with Crippen LogP contribution in [0.5, 0.6) is 0 Å². The highest BCUT2D eigenvalue weighted by Crippen LogP contribution is 2.23. The molecule has 3 atom stereocenters. The number of rotatable bonds is 7. The maximum atomic E-state index is 12.3. The molecule has 124 valence electrons. The third-order valence-corrected chi connectivity index (χ3v) is 3.94. The minimum Gasteiger partial charge on any atom is -0.480 e. The van der Waals surface area contributed by atoms with Crippen LogP contribution in [-0.2, 0) is 24.0 Å². The molecule has 1 rings (SSSR count). The number of nitrogens with zero attached hydrogens (tertiary/aromatic N) is 2. The summed E-state index contributed by atoms with van der Waals surface area (Å²) in [5.41, 5.74) is 0. The zero-order chi connectivity index (χ0) is 16.9. The van der Waals surface area contributed by atoms with E-state index in [0.29, 0.717) is 19.4 Å². The summed E-state index contributed by atoms with van der Waals surface area (Å²) in [6, 6.07) is -0.913. The van der Waals surface area contributed by atoms with E-state index in [1.807, 2.05) is 0 Å². The van der Waals surface area contributed by atoms with Gasteiger partial charge in [-0.2, -0.15) is 12.6 Å². The summed E-state index contributed by atoms with van der Waals surface area (Å²) in [6.45, 7) is 0.804. The van der Waals surface area contributed by atoms with Gasteiger partial charge in [0.15, 0.2) is 0 Å². The molecule has 1 saturated heterocycles. The lowest BCUT2D eigenvalue weighted by molar-refractivity contribution is -0.765. The van der Waals surface area contributed by atoms with Crippen molar-refractivity contribution in [1.29, 1.82) is 0 Å². The van der Waals surface area contributed by atoms with Gasteiger partial charge in [0, 0.05) is 6.54 Å². The van der Waals surface area contributed by atoms with Gasteiger partial charge < -0.3 is 14.7 Å². The fourth-order valence-electron chi connectivity index (χ4n) is 2.10. The molecule has 0 aromatic rings. The first kappa shape index (κ1) is 18.0. The van der Waals surface area contributed by atoms with E-state index in [1.54, 1.807) is 0 Å². The van der Waals surface area contributed by atoms with Crippen molar-refractivity contribution in [2.45, 2.75) is 31.1 Å². The van der Waals surface area contributed by atoms with Crippen molar-refractivity contribution in [3.8, 4) is 0 Å². The van der Waals surface area contributed by atoms with E-state index in [2.05, 4.69) is 22.2 Å². The first-order chi connectivity index (χ1) is 10.3. The lowest BCUT2D eigenvalue weighted by Gasteiger charge is -2.26. The molecule has 1 amide bonds. The van der Waals surface area contributed by atoms with Crippen molar-refractivity contribution in [2.75, 3.05) is 13.3 Å². The first-order valence-electron chi connectivity index (χ1n) is 6.41.